The first-order valence-electron chi connectivity index (χ1n) is 3.45. The molecule has 0 radical (unpaired) electrons. The number of rotatable bonds is 5. The van der Waals surface area contributed by atoms with E-state index in [1.54, 1.807) is 6.92 Å². The maximum absolute atomic E-state index is 9.12. The minimum Gasteiger partial charge on any atom is -0.462 e. The van der Waals surface area contributed by atoms with Crippen molar-refractivity contribution < 1.29 is 14.9 Å². The third kappa shape index (κ3) is 3.80. The second-order valence-electron chi connectivity index (χ2n) is 2.19. The Kier molecular flexibility index (Phi) is 4.57. The zero-order valence-corrected chi connectivity index (χ0v) is 6.71. The van der Waals surface area contributed by atoms with Crippen LogP contribution in [0.2, 0.25) is 0 Å². The smallest absolute Gasteiger partial charge is 0.125 e. The first-order valence-corrected chi connectivity index (χ1v) is 3.45. The Morgan fingerprint density at radius 3 is 2.45 bits per heavy atom. The molecule has 3 nitrogen and oxygen atoms in total. The quantitative estimate of drug-likeness (QED) is 0.582. The fraction of sp³-hybridized carbons (Fsp3) is 0.500. The van der Waals surface area contributed by atoms with Crippen LogP contribution >= 0.6 is 0 Å². The minimum absolute atomic E-state index is 0.197. The molecule has 0 saturated carbocycles. The van der Waals surface area contributed by atoms with Crippen molar-refractivity contribution in [2.45, 2.75) is 19.4 Å². The van der Waals surface area contributed by atoms with Crippen LogP contribution in [0.15, 0.2) is 24.7 Å². The van der Waals surface area contributed by atoms with Crippen molar-refractivity contribution in [3.8, 4) is 0 Å². The lowest BCUT2D eigenvalue weighted by Gasteiger charge is -2.13. The maximum atomic E-state index is 9.12. The molecule has 0 aliphatic heterocycles. The van der Waals surface area contributed by atoms with Gasteiger partial charge in [0.05, 0.1) is 0 Å². The van der Waals surface area contributed by atoms with Crippen molar-refractivity contribution in [2.24, 2.45) is 0 Å². The van der Waals surface area contributed by atoms with Gasteiger partial charge in [0.25, 0.3) is 0 Å². The molecule has 0 saturated heterocycles. The van der Waals surface area contributed by atoms with Gasteiger partial charge in [-0.2, -0.15) is 0 Å². The van der Waals surface area contributed by atoms with E-state index < -0.39 is 6.10 Å². The van der Waals surface area contributed by atoms with Crippen LogP contribution in [0.5, 0.6) is 0 Å². The van der Waals surface area contributed by atoms with Gasteiger partial charge in [0.15, 0.2) is 0 Å². The summed E-state index contributed by atoms with van der Waals surface area (Å²) in [5.74, 6) is 0.425. The minimum atomic E-state index is -0.682. The first kappa shape index (κ1) is 10.2. The highest BCUT2D eigenvalue weighted by Crippen LogP contribution is 2.08. The van der Waals surface area contributed by atoms with E-state index in [9.17, 15) is 0 Å². The molecule has 0 amide bonds. The summed E-state index contributed by atoms with van der Waals surface area (Å²) in [6.07, 6.45) is -0.143. The largest absolute Gasteiger partial charge is 0.462 e. The van der Waals surface area contributed by atoms with E-state index in [-0.39, 0.29) is 18.1 Å². The zero-order valence-electron chi connectivity index (χ0n) is 6.71. The number of hydrogen-bond acceptors (Lipinski definition) is 3. The summed E-state index contributed by atoms with van der Waals surface area (Å²) < 4.78 is 4.86. The summed E-state index contributed by atoms with van der Waals surface area (Å²) in [5.41, 5.74) is 0. The number of ether oxygens (including phenoxy) is 1. The standard InChI is InChI=1S/C8H14O3/c1-4-8(10)7(3)11-6(2)5-9/h8-10H,2-5H2,1H3. The molecule has 64 valence electrons. The van der Waals surface area contributed by atoms with Gasteiger partial charge in [-0.05, 0) is 6.42 Å². The highest BCUT2D eigenvalue weighted by Gasteiger charge is 2.07. The summed E-state index contributed by atoms with van der Waals surface area (Å²) in [6, 6.07) is 0. The maximum Gasteiger partial charge on any atom is 0.125 e. The fourth-order valence-corrected chi connectivity index (χ4v) is 0.513. The molecule has 1 unspecified atom stereocenters. The van der Waals surface area contributed by atoms with Crippen LogP contribution in [0.1, 0.15) is 13.3 Å². The van der Waals surface area contributed by atoms with Gasteiger partial charge in [-0.3, -0.25) is 0 Å². The predicted octanol–water partition coefficient (Wildman–Crippen LogP) is 0.794. The second-order valence-corrected chi connectivity index (χ2v) is 2.19. The Labute approximate surface area is 66.6 Å². The molecule has 0 aromatic carbocycles. The van der Waals surface area contributed by atoms with Crippen LogP contribution in [-0.2, 0) is 4.74 Å². The summed E-state index contributed by atoms with van der Waals surface area (Å²) in [4.78, 5) is 0. The monoisotopic (exact) mass is 158 g/mol. The molecule has 11 heavy (non-hydrogen) atoms. The van der Waals surface area contributed by atoms with Crippen molar-refractivity contribution in [2.75, 3.05) is 6.61 Å². The highest BCUT2D eigenvalue weighted by atomic mass is 16.5. The lowest BCUT2D eigenvalue weighted by molar-refractivity contribution is 0.118. The van der Waals surface area contributed by atoms with Crippen LogP contribution in [0.4, 0.5) is 0 Å². The van der Waals surface area contributed by atoms with Crippen LogP contribution in [0.3, 0.4) is 0 Å². The molecule has 2 N–H and O–H groups in total. The van der Waals surface area contributed by atoms with Gasteiger partial charge >= 0.3 is 0 Å². The van der Waals surface area contributed by atoms with Crippen molar-refractivity contribution >= 4 is 0 Å². The Morgan fingerprint density at radius 1 is 1.55 bits per heavy atom. The average Bonchev–Trinajstić information content (AvgIpc) is 2.02. The summed E-state index contributed by atoms with van der Waals surface area (Å²) in [7, 11) is 0. The van der Waals surface area contributed by atoms with E-state index in [1.807, 2.05) is 0 Å². The van der Waals surface area contributed by atoms with Gasteiger partial charge < -0.3 is 14.9 Å². The predicted molar refractivity (Wildman–Crippen MR) is 42.7 cm³/mol. The van der Waals surface area contributed by atoms with Gasteiger partial charge in [-0.25, -0.2) is 0 Å². The van der Waals surface area contributed by atoms with Crippen molar-refractivity contribution in [3.63, 3.8) is 0 Å². The normalized spacial score (nSPS) is 12.3. The van der Waals surface area contributed by atoms with E-state index in [4.69, 9.17) is 14.9 Å². The van der Waals surface area contributed by atoms with Gasteiger partial charge in [0.2, 0.25) is 0 Å². The molecule has 0 bridgehead atoms. The number of aliphatic hydroxyl groups is 2. The Hall–Kier alpha value is -0.800. The molecule has 0 rings (SSSR count). The molecule has 0 aliphatic rings. The third-order valence-corrected chi connectivity index (χ3v) is 1.21. The molecule has 0 aliphatic carbocycles. The van der Waals surface area contributed by atoms with E-state index in [0.717, 1.165) is 0 Å². The molecule has 0 aromatic heterocycles. The van der Waals surface area contributed by atoms with Gasteiger partial charge in [0, 0.05) is 0 Å². The van der Waals surface area contributed by atoms with E-state index in [2.05, 4.69) is 13.2 Å². The summed E-state index contributed by atoms with van der Waals surface area (Å²) in [6.45, 7) is 8.41. The molecule has 0 spiro atoms. The Bertz CT molecular complexity index is 151. The van der Waals surface area contributed by atoms with Crippen molar-refractivity contribution in [1.82, 2.24) is 0 Å². The van der Waals surface area contributed by atoms with E-state index >= 15 is 0 Å². The zero-order chi connectivity index (χ0) is 8.85. The first-order chi connectivity index (χ1) is 5.11. The van der Waals surface area contributed by atoms with Crippen molar-refractivity contribution in [3.05, 3.63) is 24.7 Å². The molecule has 0 fully saturated rings. The van der Waals surface area contributed by atoms with E-state index in [0.29, 0.717) is 6.42 Å². The molecule has 3 heteroatoms. The molecular formula is C8H14O3. The average molecular weight is 158 g/mol. The fourth-order valence-electron chi connectivity index (χ4n) is 0.513. The Balaban J connectivity index is 3.77. The Morgan fingerprint density at radius 2 is 2.09 bits per heavy atom. The van der Waals surface area contributed by atoms with Gasteiger partial charge in [-0.15, -0.1) is 0 Å². The lowest BCUT2D eigenvalue weighted by Crippen LogP contribution is -2.11. The van der Waals surface area contributed by atoms with Crippen LogP contribution < -0.4 is 0 Å². The number of aliphatic hydroxyl groups excluding tert-OH is 2. The molecule has 1 atom stereocenters. The van der Waals surface area contributed by atoms with Crippen molar-refractivity contribution in [1.29, 1.82) is 0 Å². The van der Waals surface area contributed by atoms with Crippen LogP contribution in [0.25, 0.3) is 0 Å². The van der Waals surface area contributed by atoms with Gasteiger partial charge in [0.1, 0.15) is 24.2 Å². The summed E-state index contributed by atoms with van der Waals surface area (Å²) >= 11 is 0. The van der Waals surface area contributed by atoms with Gasteiger partial charge in [-0.1, -0.05) is 20.1 Å². The molecule has 0 heterocycles. The topological polar surface area (TPSA) is 49.7 Å². The molecule has 0 aromatic rings. The van der Waals surface area contributed by atoms with Crippen LogP contribution in [0, 0.1) is 0 Å². The third-order valence-electron chi connectivity index (χ3n) is 1.21. The summed E-state index contributed by atoms with van der Waals surface area (Å²) in [5, 5.41) is 17.6. The SMILES string of the molecule is C=C(CO)OC(=C)C(O)CC. The number of hydrogen-bond donors (Lipinski definition) is 2. The second kappa shape index (κ2) is 4.93. The molecular weight excluding hydrogens is 144 g/mol. The van der Waals surface area contributed by atoms with E-state index in [1.165, 1.54) is 0 Å². The lowest BCUT2D eigenvalue weighted by atomic mass is 10.2. The highest BCUT2D eigenvalue weighted by molar-refractivity contribution is 4.97. The van der Waals surface area contributed by atoms with Crippen LogP contribution in [-0.4, -0.2) is 22.9 Å².